The van der Waals surface area contributed by atoms with Crippen molar-refractivity contribution in [3.05, 3.63) is 53.1 Å². The molecule has 2 aromatic rings. The molecule has 0 saturated heterocycles. The number of amides is 1. The molecule has 0 heterocycles. The molecule has 152 valence electrons. The summed E-state index contributed by atoms with van der Waals surface area (Å²) in [5, 5.41) is 3.19. The quantitative estimate of drug-likeness (QED) is 0.688. The topological polar surface area (TPSA) is 75.7 Å². The van der Waals surface area contributed by atoms with E-state index in [1.165, 1.54) is 0 Å². The van der Waals surface area contributed by atoms with E-state index >= 15 is 0 Å². The number of halogens is 1. The maximum Gasteiger partial charge on any atom is 0.248 e. The van der Waals surface area contributed by atoms with Gasteiger partial charge in [-0.1, -0.05) is 30.7 Å². The van der Waals surface area contributed by atoms with E-state index in [4.69, 9.17) is 16.3 Å². The van der Waals surface area contributed by atoms with Crippen molar-refractivity contribution in [3.63, 3.8) is 0 Å². The van der Waals surface area contributed by atoms with E-state index in [2.05, 4.69) is 5.32 Å². The van der Waals surface area contributed by atoms with Crippen LogP contribution in [0.1, 0.15) is 25.8 Å². The highest BCUT2D eigenvalue weighted by Crippen LogP contribution is 2.29. The molecule has 0 aromatic heterocycles. The van der Waals surface area contributed by atoms with E-state index < -0.39 is 22.0 Å². The van der Waals surface area contributed by atoms with Crippen LogP contribution in [-0.2, 0) is 14.8 Å². The van der Waals surface area contributed by atoms with Crippen LogP contribution in [0.4, 0.5) is 11.4 Å². The number of benzene rings is 2. The Morgan fingerprint density at radius 1 is 1.21 bits per heavy atom. The van der Waals surface area contributed by atoms with Gasteiger partial charge in [-0.05, 0) is 50.1 Å². The standard InChI is InChI=1S/C20H25ClN2O4S/c1-5-18(20(24)22-16-8-7-9-17(13-16)27-6-2)23(28(4,25)26)19-12-15(21)11-10-14(19)3/h7-13,18H,5-6H2,1-4H3,(H,22,24)/t18-/m0/s1. The number of hydrogen-bond donors (Lipinski definition) is 1. The van der Waals surface area contributed by atoms with Gasteiger partial charge in [0.2, 0.25) is 15.9 Å². The van der Waals surface area contributed by atoms with Gasteiger partial charge in [-0.3, -0.25) is 9.10 Å². The molecular formula is C20H25ClN2O4S. The molecule has 0 aliphatic rings. The van der Waals surface area contributed by atoms with Crippen LogP contribution in [0, 0.1) is 6.92 Å². The first-order valence-corrected chi connectivity index (χ1v) is 11.2. The van der Waals surface area contributed by atoms with Crippen LogP contribution in [0.15, 0.2) is 42.5 Å². The van der Waals surface area contributed by atoms with Crippen molar-refractivity contribution in [2.45, 2.75) is 33.2 Å². The van der Waals surface area contributed by atoms with Gasteiger partial charge in [0.05, 0.1) is 18.6 Å². The number of carbonyl (C=O) groups excluding carboxylic acids is 1. The Labute approximate surface area is 171 Å². The van der Waals surface area contributed by atoms with Crippen LogP contribution in [0.5, 0.6) is 5.75 Å². The number of carbonyl (C=O) groups is 1. The zero-order valence-corrected chi connectivity index (χ0v) is 18.0. The molecule has 0 aliphatic carbocycles. The highest BCUT2D eigenvalue weighted by molar-refractivity contribution is 7.92. The summed E-state index contributed by atoms with van der Waals surface area (Å²) in [7, 11) is -3.73. The molecular weight excluding hydrogens is 400 g/mol. The predicted molar refractivity (Wildman–Crippen MR) is 114 cm³/mol. The summed E-state index contributed by atoms with van der Waals surface area (Å²) in [5.41, 5.74) is 1.63. The smallest absolute Gasteiger partial charge is 0.248 e. The minimum atomic E-state index is -3.73. The average Bonchev–Trinajstić information content (AvgIpc) is 2.61. The van der Waals surface area contributed by atoms with E-state index in [0.717, 1.165) is 10.6 Å². The molecule has 1 atom stereocenters. The van der Waals surface area contributed by atoms with Crippen molar-refractivity contribution in [2.75, 3.05) is 22.5 Å². The Hall–Kier alpha value is -2.25. The fraction of sp³-hybridized carbons (Fsp3) is 0.350. The molecule has 0 radical (unpaired) electrons. The average molecular weight is 425 g/mol. The lowest BCUT2D eigenvalue weighted by molar-refractivity contribution is -0.117. The van der Waals surface area contributed by atoms with Gasteiger partial charge in [-0.25, -0.2) is 8.42 Å². The largest absolute Gasteiger partial charge is 0.494 e. The number of hydrogen-bond acceptors (Lipinski definition) is 4. The molecule has 8 heteroatoms. The molecule has 0 bridgehead atoms. The van der Waals surface area contributed by atoms with E-state index in [1.807, 2.05) is 6.92 Å². The van der Waals surface area contributed by atoms with Crippen molar-refractivity contribution in [1.29, 1.82) is 0 Å². The van der Waals surface area contributed by atoms with Gasteiger partial charge in [0.25, 0.3) is 0 Å². The number of aryl methyl sites for hydroxylation is 1. The summed E-state index contributed by atoms with van der Waals surface area (Å²) in [6.07, 6.45) is 1.37. The Morgan fingerprint density at radius 3 is 2.54 bits per heavy atom. The third kappa shape index (κ3) is 5.39. The second-order valence-corrected chi connectivity index (χ2v) is 8.66. The van der Waals surface area contributed by atoms with Gasteiger partial charge in [0, 0.05) is 16.8 Å². The minimum absolute atomic E-state index is 0.288. The molecule has 2 aromatic carbocycles. The number of anilines is 2. The number of rotatable bonds is 8. The second-order valence-electron chi connectivity index (χ2n) is 6.36. The Morgan fingerprint density at radius 2 is 1.93 bits per heavy atom. The number of ether oxygens (including phenoxy) is 1. The van der Waals surface area contributed by atoms with Crippen LogP contribution < -0.4 is 14.4 Å². The lowest BCUT2D eigenvalue weighted by Gasteiger charge is -2.31. The van der Waals surface area contributed by atoms with Crippen LogP contribution in [-0.4, -0.2) is 33.2 Å². The Bertz CT molecular complexity index is 947. The maximum absolute atomic E-state index is 13.0. The first kappa shape index (κ1) is 22.0. The fourth-order valence-corrected chi connectivity index (χ4v) is 4.34. The number of sulfonamides is 1. The number of nitrogens with one attached hydrogen (secondary N) is 1. The highest BCUT2D eigenvalue weighted by Gasteiger charge is 2.32. The summed E-state index contributed by atoms with van der Waals surface area (Å²) in [5.74, 6) is 0.194. The zero-order chi connectivity index (χ0) is 20.9. The van der Waals surface area contributed by atoms with E-state index in [1.54, 1.807) is 56.3 Å². The molecule has 6 nitrogen and oxygen atoms in total. The Kier molecular flexibility index (Phi) is 7.32. The first-order valence-electron chi connectivity index (χ1n) is 8.96. The molecule has 0 saturated carbocycles. The predicted octanol–water partition coefficient (Wildman–Crippen LogP) is 4.23. The van der Waals surface area contributed by atoms with Crippen LogP contribution in [0.3, 0.4) is 0 Å². The van der Waals surface area contributed by atoms with Crippen molar-refractivity contribution in [3.8, 4) is 5.75 Å². The highest BCUT2D eigenvalue weighted by atomic mass is 35.5. The Balaban J connectivity index is 2.39. The summed E-state index contributed by atoms with van der Waals surface area (Å²) in [4.78, 5) is 13.0. The summed E-state index contributed by atoms with van der Waals surface area (Å²) in [6, 6.07) is 11.0. The van der Waals surface area contributed by atoms with Crippen molar-refractivity contribution in [1.82, 2.24) is 0 Å². The van der Waals surface area contributed by atoms with Crippen LogP contribution in [0.2, 0.25) is 5.02 Å². The molecule has 2 rings (SSSR count). The van der Waals surface area contributed by atoms with E-state index in [0.29, 0.717) is 34.3 Å². The summed E-state index contributed by atoms with van der Waals surface area (Å²) < 4.78 is 31.7. The minimum Gasteiger partial charge on any atom is -0.494 e. The summed E-state index contributed by atoms with van der Waals surface area (Å²) in [6.45, 7) is 5.92. The fourth-order valence-electron chi connectivity index (χ4n) is 2.91. The third-order valence-corrected chi connectivity index (χ3v) is 5.55. The lowest BCUT2D eigenvalue weighted by atomic mass is 10.1. The van der Waals surface area contributed by atoms with E-state index in [9.17, 15) is 13.2 Å². The van der Waals surface area contributed by atoms with Crippen molar-refractivity contribution >= 4 is 38.9 Å². The SMILES string of the molecule is CCOc1cccc(NC(=O)[C@H](CC)N(c2cc(Cl)ccc2C)S(C)(=O)=O)c1. The van der Waals surface area contributed by atoms with Gasteiger partial charge in [-0.15, -0.1) is 0 Å². The third-order valence-electron chi connectivity index (χ3n) is 4.15. The number of nitrogens with zero attached hydrogens (tertiary/aromatic N) is 1. The molecule has 0 unspecified atom stereocenters. The molecule has 28 heavy (non-hydrogen) atoms. The van der Waals surface area contributed by atoms with Crippen LogP contribution in [0.25, 0.3) is 0 Å². The summed E-state index contributed by atoms with van der Waals surface area (Å²) >= 11 is 6.08. The monoisotopic (exact) mass is 424 g/mol. The maximum atomic E-state index is 13.0. The van der Waals surface area contributed by atoms with Gasteiger partial charge < -0.3 is 10.1 Å². The molecule has 1 amide bonds. The van der Waals surface area contributed by atoms with E-state index in [-0.39, 0.29) is 6.42 Å². The normalized spacial score (nSPS) is 12.3. The first-order chi connectivity index (χ1) is 13.2. The van der Waals surface area contributed by atoms with Crippen LogP contribution >= 0.6 is 11.6 Å². The molecule has 0 fully saturated rings. The van der Waals surface area contributed by atoms with Gasteiger partial charge in [-0.2, -0.15) is 0 Å². The van der Waals surface area contributed by atoms with Gasteiger partial charge in [0.15, 0.2) is 0 Å². The van der Waals surface area contributed by atoms with Gasteiger partial charge >= 0.3 is 0 Å². The lowest BCUT2D eigenvalue weighted by Crippen LogP contribution is -2.47. The van der Waals surface area contributed by atoms with Gasteiger partial charge in [0.1, 0.15) is 11.8 Å². The second kappa shape index (κ2) is 9.30. The molecule has 0 spiro atoms. The van der Waals surface area contributed by atoms with Crippen molar-refractivity contribution < 1.29 is 17.9 Å². The van der Waals surface area contributed by atoms with Crippen molar-refractivity contribution in [2.24, 2.45) is 0 Å². The molecule has 0 aliphatic heterocycles. The molecule has 1 N–H and O–H groups in total. The zero-order valence-electron chi connectivity index (χ0n) is 16.4.